The second kappa shape index (κ2) is 8.81. The summed E-state index contributed by atoms with van der Waals surface area (Å²) < 4.78 is 11.5. The summed E-state index contributed by atoms with van der Waals surface area (Å²) in [4.78, 5) is 22.9. The van der Waals surface area contributed by atoms with Gasteiger partial charge < -0.3 is 20.1 Å². The lowest BCUT2D eigenvalue weighted by Crippen LogP contribution is -2.47. The minimum absolute atomic E-state index is 0.190. The predicted octanol–water partition coefficient (Wildman–Crippen LogP) is 3.19. The largest absolute Gasteiger partial charge is 0.460 e. The molecule has 2 fully saturated rings. The van der Waals surface area contributed by atoms with Crippen LogP contribution in [-0.4, -0.2) is 51.3 Å². The van der Waals surface area contributed by atoms with Crippen LogP contribution in [0.2, 0.25) is 0 Å². The van der Waals surface area contributed by atoms with Crippen LogP contribution in [0.15, 0.2) is 30.9 Å². The van der Waals surface area contributed by atoms with Crippen molar-refractivity contribution < 1.29 is 9.47 Å². The van der Waals surface area contributed by atoms with Crippen molar-refractivity contribution in [2.45, 2.75) is 38.3 Å². The molecule has 1 spiro atoms. The first-order valence-electron chi connectivity index (χ1n) is 10.5. The fraction of sp³-hybridized carbons (Fsp3) is 0.476. The van der Waals surface area contributed by atoms with Crippen LogP contribution in [0.1, 0.15) is 31.2 Å². The molecule has 0 bridgehead atoms. The van der Waals surface area contributed by atoms with Gasteiger partial charge in [-0.2, -0.15) is 4.98 Å². The summed E-state index contributed by atoms with van der Waals surface area (Å²) in [5.41, 5.74) is 2.23. The highest BCUT2D eigenvalue weighted by molar-refractivity contribution is 7.18. The van der Waals surface area contributed by atoms with Crippen LogP contribution in [0.3, 0.4) is 0 Å². The molecule has 10 heteroatoms. The molecule has 0 atom stereocenters. The zero-order valence-corrected chi connectivity index (χ0v) is 18.2. The summed E-state index contributed by atoms with van der Waals surface area (Å²) in [7, 11) is 1.89. The topological polar surface area (TPSA) is 107 Å². The number of anilines is 2. The van der Waals surface area contributed by atoms with Gasteiger partial charge in [0.1, 0.15) is 6.10 Å². The summed E-state index contributed by atoms with van der Waals surface area (Å²) >= 11 is 1.49. The van der Waals surface area contributed by atoms with Gasteiger partial charge in [0.15, 0.2) is 5.13 Å². The van der Waals surface area contributed by atoms with Crippen molar-refractivity contribution in [3.63, 3.8) is 0 Å². The van der Waals surface area contributed by atoms with Gasteiger partial charge in [0.05, 0.1) is 10.6 Å². The van der Waals surface area contributed by atoms with Gasteiger partial charge >= 0.3 is 6.01 Å². The number of thiazole rings is 1. The van der Waals surface area contributed by atoms with Crippen LogP contribution in [0.5, 0.6) is 6.01 Å². The van der Waals surface area contributed by atoms with E-state index >= 15 is 0 Å². The molecule has 162 valence electrons. The highest BCUT2D eigenvalue weighted by atomic mass is 32.1. The highest BCUT2D eigenvalue weighted by Gasteiger charge is 2.46. The van der Waals surface area contributed by atoms with Gasteiger partial charge in [-0.25, -0.2) is 19.9 Å². The molecule has 1 saturated carbocycles. The second-order valence-corrected chi connectivity index (χ2v) is 9.12. The van der Waals surface area contributed by atoms with Crippen LogP contribution in [0.25, 0.3) is 10.6 Å². The third-order valence-electron chi connectivity index (χ3n) is 5.84. The van der Waals surface area contributed by atoms with Gasteiger partial charge in [-0.05, 0) is 44.2 Å². The normalized spacial score (nSPS) is 18.0. The average Bonchev–Trinajstić information content (AvgIpc) is 3.24. The van der Waals surface area contributed by atoms with E-state index in [2.05, 4.69) is 35.6 Å². The number of hydrogen-bond donors (Lipinski definition) is 2. The Morgan fingerprint density at radius 2 is 1.94 bits per heavy atom. The van der Waals surface area contributed by atoms with Crippen LogP contribution in [0.4, 0.5) is 11.1 Å². The van der Waals surface area contributed by atoms with Crippen LogP contribution in [0, 0.1) is 5.41 Å². The lowest BCUT2D eigenvalue weighted by atomic mass is 9.62. The fourth-order valence-corrected chi connectivity index (χ4v) is 4.93. The molecular weight excluding hydrogens is 414 g/mol. The van der Waals surface area contributed by atoms with E-state index in [1.54, 1.807) is 24.8 Å². The van der Waals surface area contributed by atoms with Gasteiger partial charge in [-0.1, -0.05) is 11.3 Å². The molecule has 9 nitrogen and oxygen atoms in total. The maximum absolute atomic E-state index is 6.05. The quantitative estimate of drug-likeness (QED) is 0.574. The summed E-state index contributed by atoms with van der Waals surface area (Å²) in [6.07, 6.45) is 11.7. The Hall–Kier alpha value is -2.69. The van der Waals surface area contributed by atoms with Gasteiger partial charge in [0.2, 0.25) is 5.95 Å². The zero-order chi connectivity index (χ0) is 21.1. The summed E-state index contributed by atoms with van der Waals surface area (Å²) in [6, 6.07) is 2.30. The Kier molecular flexibility index (Phi) is 5.75. The van der Waals surface area contributed by atoms with Crippen molar-refractivity contribution in [1.29, 1.82) is 0 Å². The van der Waals surface area contributed by atoms with Gasteiger partial charge in [-0.15, -0.1) is 0 Å². The Labute approximate surface area is 184 Å². The van der Waals surface area contributed by atoms with Crippen molar-refractivity contribution >= 4 is 22.4 Å². The number of hydrogen-bond acceptors (Lipinski definition) is 10. The van der Waals surface area contributed by atoms with Crippen molar-refractivity contribution in [3.05, 3.63) is 36.4 Å². The third-order valence-corrected chi connectivity index (χ3v) is 6.78. The highest BCUT2D eigenvalue weighted by Crippen LogP contribution is 2.49. The van der Waals surface area contributed by atoms with Gasteiger partial charge in [-0.3, -0.25) is 0 Å². The molecule has 2 N–H and O–H groups in total. The zero-order valence-electron chi connectivity index (χ0n) is 17.4. The first kappa shape index (κ1) is 20.2. The summed E-state index contributed by atoms with van der Waals surface area (Å²) in [5.74, 6) is 0.513. The number of aromatic nitrogens is 5. The molecular formula is C21H25N7O2S. The monoisotopic (exact) mass is 439 g/mol. The maximum atomic E-state index is 6.05. The first-order valence-corrected chi connectivity index (χ1v) is 11.3. The molecule has 3 aromatic heterocycles. The number of nitrogens with one attached hydrogen (secondary N) is 2. The standard InChI is InChI=1S/C21H25N7O2S/c1-22-10-14-11-24-18(25-12-14)28-20-26-13-17(31-20)16-2-5-23-19(27-16)30-15-8-21(9-15)3-6-29-7-4-21/h2,5,11-13,15,22H,3-4,6-10H2,1H3,(H,24,25,26,28). The molecule has 1 saturated heterocycles. The van der Waals surface area contributed by atoms with Gasteiger partial charge in [0.25, 0.3) is 0 Å². The van der Waals surface area contributed by atoms with E-state index in [1.165, 1.54) is 11.3 Å². The molecule has 31 heavy (non-hydrogen) atoms. The third kappa shape index (κ3) is 4.65. The fourth-order valence-electron chi connectivity index (χ4n) is 4.15. The average molecular weight is 440 g/mol. The summed E-state index contributed by atoms with van der Waals surface area (Å²) in [5, 5.41) is 6.92. The number of nitrogens with zero attached hydrogens (tertiary/aromatic N) is 5. The Morgan fingerprint density at radius 3 is 2.71 bits per heavy atom. The van der Waals surface area contributed by atoms with E-state index in [4.69, 9.17) is 9.47 Å². The first-order chi connectivity index (χ1) is 15.2. The van der Waals surface area contributed by atoms with Crippen molar-refractivity contribution in [1.82, 2.24) is 30.2 Å². The molecule has 0 aromatic carbocycles. The molecule has 1 aliphatic heterocycles. The van der Waals surface area contributed by atoms with E-state index in [0.29, 0.717) is 22.5 Å². The molecule has 4 heterocycles. The minimum atomic E-state index is 0.190. The van der Waals surface area contributed by atoms with E-state index in [1.807, 2.05) is 13.1 Å². The van der Waals surface area contributed by atoms with Crippen LogP contribution in [-0.2, 0) is 11.3 Å². The Bertz CT molecular complexity index is 1010. The maximum Gasteiger partial charge on any atom is 0.317 e. The van der Waals surface area contributed by atoms with E-state index < -0.39 is 0 Å². The Balaban J connectivity index is 1.21. The SMILES string of the molecule is CNCc1cnc(Nc2ncc(-c3ccnc(OC4CC5(CCOCC5)C4)n3)s2)nc1. The number of rotatable bonds is 7. The molecule has 0 radical (unpaired) electrons. The van der Waals surface area contributed by atoms with E-state index in [-0.39, 0.29) is 6.10 Å². The second-order valence-electron chi connectivity index (χ2n) is 8.08. The predicted molar refractivity (Wildman–Crippen MR) is 117 cm³/mol. The van der Waals surface area contributed by atoms with Crippen LogP contribution < -0.4 is 15.4 Å². The molecule has 3 aromatic rings. The van der Waals surface area contributed by atoms with Crippen molar-refractivity contribution in [3.8, 4) is 16.6 Å². The van der Waals surface area contributed by atoms with E-state index in [0.717, 1.165) is 61.6 Å². The molecule has 0 unspecified atom stereocenters. The smallest absolute Gasteiger partial charge is 0.317 e. The molecule has 5 rings (SSSR count). The van der Waals surface area contributed by atoms with Crippen LogP contribution >= 0.6 is 11.3 Å². The molecule has 0 amide bonds. The van der Waals surface area contributed by atoms with Crippen molar-refractivity contribution in [2.75, 3.05) is 25.6 Å². The lowest BCUT2D eigenvalue weighted by molar-refractivity contribution is -0.0880. The van der Waals surface area contributed by atoms with Crippen molar-refractivity contribution in [2.24, 2.45) is 5.41 Å². The Morgan fingerprint density at radius 1 is 1.13 bits per heavy atom. The minimum Gasteiger partial charge on any atom is -0.460 e. The summed E-state index contributed by atoms with van der Waals surface area (Å²) in [6.45, 7) is 2.47. The van der Waals surface area contributed by atoms with E-state index in [9.17, 15) is 0 Å². The van der Waals surface area contributed by atoms with Gasteiger partial charge in [0, 0.05) is 50.1 Å². The lowest BCUT2D eigenvalue weighted by Gasteiger charge is -2.49. The molecule has 2 aliphatic rings. The molecule has 1 aliphatic carbocycles. The number of ether oxygens (including phenoxy) is 2.